The Kier molecular flexibility index (Phi) is 4.62. The van der Waals surface area contributed by atoms with E-state index in [4.69, 9.17) is 0 Å². The van der Waals surface area contributed by atoms with Crippen LogP contribution in [0.2, 0.25) is 0 Å². The lowest BCUT2D eigenvalue weighted by molar-refractivity contribution is 0.102. The van der Waals surface area contributed by atoms with E-state index in [0.717, 1.165) is 21.9 Å². The number of hydrogen-bond donors (Lipinski definition) is 1. The number of thiazole rings is 1. The van der Waals surface area contributed by atoms with Crippen LogP contribution in [0, 0.1) is 0 Å². The highest BCUT2D eigenvalue weighted by Crippen LogP contribution is 2.25. The summed E-state index contributed by atoms with van der Waals surface area (Å²) in [6, 6.07) is 17.2. The fourth-order valence-electron chi connectivity index (χ4n) is 2.90. The van der Waals surface area contributed by atoms with Gasteiger partial charge in [0.05, 0.1) is 17.6 Å². The van der Waals surface area contributed by atoms with Crippen LogP contribution < -0.4 is 5.32 Å². The van der Waals surface area contributed by atoms with Gasteiger partial charge in [-0.05, 0) is 36.4 Å². The Hall–Kier alpha value is -4.11. The van der Waals surface area contributed by atoms with Gasteiger partial charge < -0.3 is 5.32 Å². The lowest BCUT2D eigenvalue weighted by atomic mass is 10.2. The molecule has 0 spiro atoms. The zero-order valence-electron chi connectivity index (χ0n) is 15.6. The van der Waals surface area contributed by atoms with Crippen molar-refractivity contribution in [3.8, 4) is 21.9 Å². The molecule has 0 aliphatic heterocycles. The summed E-state index contributed by atoms with van der Waals surface area (Å²) in [7, 11) is 0. The highest BCUT2D eigenvalue weighted by Gasteiger charge is 2.14. The average Bonchev–Trinajstić information content (AvgIpc) is 3.56. The summed E-state index contributed by atoms with van der Waals surface area (Å²) in [5, 5.41) is 13.8. The van der Waals surface area contributed by atoms with Crippen LogP contribution in [0.1, 0.15) is 10.5 Å². The first-order valence-electron chi connectivity index (χ1n) is 9.09. The fraction of sp³-hybridized carbons (Fsp3) is 0. The fourth-order valence-corrected chi connectivity index (χ4v) is 3.68. The number of benzene rings is 2. The predicted molar refractivity (Wildman–Crippen MR) is 114 cm³/mol. The van der Waals surface area contributed by atoms with Crippen molar-refractivity contribution in [3.05, 3.63) is 90.7 Å². The third-order valence-corrected chi connectivity index (χ3v) is 5.29. The van der Waals surface area contributed by atoms with Crippen molar-refractivity contribution in [2.75, 3.05) is 5.32 Å². The molecule has 146 valence electrons. The van der Waals surface area contributed by atoms with Crippen molar-refractivity contribution in [2.45, 2.75) is 0 Å². The molecular weight excluding hydrogens is 398 g/mol. The molecule has 30 heavy (non-hydrogen) atoms. The van der Waals surface area contributed by atoms with Crippen molar-refractivity contribution in [1.29, 1.82) is 0 Å². The maximum atomic E-state index is 12.6. The van der Waals surface area contributed by atoms with Gasteiger partial charge in [-0.25, -0.2) is 19.3 Å². The maximum absolute atomic E-state index is 12.6. The lowest BCUT2D eigenvalue weighted by Gasteiger charge is -2.05. The normalized spacial score (nSPS) is 10.8. The minimum atomic E-state index is -0.263. The van der Waals surface area contributed by atoms with Crippen molar-refractivity contribution < 1.29 is 4.79 Å². The zero-order valence-corrected chi connectivity index (χ0v) is 16.4. The maximum Gasteiger partial charge on any atom is 0.275 e. The Balaban J connectivity index is 1.29. The van der Waals surface area contributed by atoms with Crippen molar-refractivity contribution >= 4 is 22.9 Å². The highest BCUT2D eigenvalue weighted by atomic mass is 32.1. The molecule has 2 aromatic carbocycles. The molecule has 5 aromatic rings. The standard InChI is InChI=1S/C21H15N7OS/c29-20(25-16-6-8-18(9-7-16)28-14-22-13-24-28)19-12-30-21(26-19)15-10-23-27(11-15)17-4-2-1-3-5-17/h1-14H,(H,25,29). The van der Waals surface area contributed by atoms with E-state index in [0.29, 0.717) is 11.4 Å². The molecular formula is C21H15N7OS. The molecule has 0 fully saturated rings. The molecule has 0 radical (unpaired) electrons. The number of para-hydroxylation sites is 1. The van der Waals surface area contributed by atoms with E-state index in [1.165, 1.54) is 17.7 Å². The molecule has 0 aliphatic carbocycles. The van der Waals surface area contributed by atoms with E-state index in [1.807, 2.05) is 60.8 Å². The summed E-state index contributed by atoms with van der Waals surface area (Å²) >= 11 is 1.41. The molecule has 0 saturated carbocycles. The second-order valence-corrected chi connectivity index (χ2v) is 7.25. The molecule has 9 heteroatoms. The van der Waals surface area contributed by atoms with Crippen LogP contribution in [-0.2, 0) is 0 Å². The van der Waals surface area contributed by atoms with Gasteiger partial charge in [0.25, 0.3) is 5.91 Å². The summed E-state index contributed by atoms with van der Waals surface area (Å²) in [6.45, 7) is 0. The first-order chi connectivity index (χ1) is 14.8. The SMILES string of the molecule is O=C(Nc1ccc(-n2cncn2)cc1)c1csc(-c2cnn(-c3ccccc3)c2)n1. The van der Waals surface area contributed by atoms with E-state index >= 15 is 0 Å². The number of hydrogen-bond acceptors (Lipinski definition) is 6. The van der Waals surface area contributed by atoms with E-state index in [-0.39, 0.29) is 5.91 Å². The summed E-state index contributed by atoms with van der Waals surface area (Å²) in [4.78, 5) is 21.0. The monoisotopic (exact) mass is 413 g/mol. The van der Waals surface area contributed by atoms with Crippen LogP contribution in [0.3, 0.4) is 0 Å². The van der Waals surface area contributed by atoms with Gasteiger partial charge in [0, 0.05) is 22.8 Å². The quantitative estimate of drug-likeness (QED) is 0.473. The highest BCUT2D eigenvalue weighted by molar-refractivity contribution is 7.13. The van der Waals surface area contributed by atoms with E-state index in [1.54, 1.807) is 27.3 Å². The first-order valence-corrected chi connectivity index (χ1v) is 9.97. The molecule has 3 heterocycles. The Labute approximate surface area is 175 Å². The summed E-state index contributed by atoms with van der Waals surface area (Å²) in [5.41, 5.74) is 3.72. The first kappa shape index (κ1) is 18.0. The minimum absolute atomic E-state index is 0.263. The Morgan fingerprint density at radius 3 is 2.50 bits per heavy atom. The van der Waals surface area contributed by atoms with Crippen LogP contribution >= 0.6 is 11.3 Å². The van der Waals surface area contributed by atoms with Gasteiger partial charge >= 0.3 is 0 Å². The largest absolute Gasteiger partial charge is 0.321 e. The van der Waals surface area contributed by atoms with Crippen LogP contribution in [-0.4, -0.2) is 35.4 Å². The second kappa shape index (κ2) is 7.72. The number of nitrogens with one attached hydrogen (secondary N) is 1. The molecule has 3 aromatic heterocycles. The average molecular weight is 413 g/mol. The zero-order chi connectivity index (χ0) is 20.3. The predicted octanol–water partition coefficient (Wildman–Crippen LogP) is 3.83. The number of amides is 1. The van der Waals surface area contributed by atoms with Gasteiger partial charge in [-0.2, -0.15) is 10.2 Å². The lowest BCUT2D eigenvalue weighted by Crippen LogP contribution is -2.12. The Bertz CT molecular complexity index is 1270. The summed E-state index contributed by atoms with van der Waals surface area (Å²) in [6.07, 6.45) is 6.73. The Morgan fingerprint density at radius 1 is 0.933 bits per heavy atom. The van der Waals surface area contributed by atoms with Crippen molar-refractivity contribution in [1.82, 2.24) is 29.5 Å². The number of anilines is 1. The molecule has 8 nitrogen and oxygen atoms in total. The third kappa shape index (κ3) is 3.61. The topological polar surface area (TPSA) is 90.5 Å². The molecule has 1 N–H and O–H groups in total. The third-order valence-electron chi connectivity index (χ3n) is 4.40. The van der Waals surface area contributed by atoms with Crippen LogP contribution in [0.25, 0.3) is 21.9 Å². The van der Waals surface area contributed by atoms with Gasteiger partial charge in [-0.15, -0.1) is 11.3 Å². The number of carbonyl (C=O) groups is 1. The van der Waals surface area contributed by atoms with Crippen molar-refractivity contribution in [2.24, 2.45) is 0 Å². The van der Waals surface area contributed by atoms with Crippen LogP contribution in [0.4, 0.5) is 5.69 Å². The van der Waals surface area contributed by atoms with Crippen molar-refractivity contribution in [3.63, 3.8) is 0 Å². The van der Waals surface area contributed by atoms with Gasteiger partial charge in [0.15, 0.2) is 0 Å². The minimum Gasteiger partial charge on any atom is -0.321 e. The molecule has 0 unspecified atom stereocenters. The van der Waals surface area contributed by atoms with Gasteiger partial charge in [0.2, 0.25) is 0 Å². The number of carbonyl (C=O) groups excluding carboxylic acids is 1. The van der Waals surface area contributed by atoms with E-state index < -0.39 is 0 Å². The molecule has 0 aliphatic rings. The van der Waals surface area contributed by atoms with E-state index in [9.17, 15) is 4.79 Å². The van der Waals surface area contributed by atoms with Gasteiger partial charge in [-0.1, -0.05) is 18.2 Å². The molecule has 0 bridgehead atoms. The number of aromatic nitrogens is 6. The number of rotatable bonds is 5. The van der Waals surface area contributed by atoms with Crippen LogP contribution in [0.5, 0.6) is 0 Å². The van der Waals surface area contributed by atoms with Gasteiger partial charge in [-0.3, -0.25) is 4.79 Å². The molecule has 5 rings (SSSR count). The van der Waals surface area contributed by atoms with E-state index in [2.05, 4.69) is 25.5 Å². The van der Waals surface area contributed by atoms with Crippen LogP contribution in [0.15, 0.2) is 85.0 Å². The number of nitrogens with zero attached hydrogens (tertiary/aromatic N) is 6. The summed E-state index contributed by atoms with van der Waals surface area (Å²) in [5.74, 6) is -0.263. The molecule has 1 amide bonds. The summed E-state index contributed by atoms with van der Waals surface area (Å²) < 4.78 is 3.43. The Morgan fingerprint density at radius 2 is 1.73 bits per heavy atom. The smallest absolute Gasteiger partial charge is 0.275 e. The van der Waals surface area contributed by atoms with Gasteiger partial charge in [0.1, 0.15) is 23.4 Å². The molecule has 0 saturated heterocycles. The molecule has 0 atom stereocenters. The second-order valence-electron chi connectivity index (χ2n) is 6.39.